The van der Waals surface area contributed by atoms with Crippen LogP contribution < -0.4 is 0 Å². The molecule has 0 fully saturated rings. The second-order valence-corrected chi connectivity index (χ2v) is 4.04. The average molecular weight is 245 g/mol. The number of benzene rings is 1. The van der Waals surface area contributed by atoms with Crippen molar-refractivity contribution in [1.82, 2.24) is 0 Å². The van der Waals surface area contributed by atoms with Crippen LogP contribution in [0, 0.1) is 11.3 Å². The number of esters is 1. The molecule has 0 unspecified atom stereocenters. The quantitative estimate of drug-likeness (QED) is 0.749. The fraction of sp³-hybridized carbons (Fsp3) is 0.467. The van der Waals surface area contributed by atoms with Gasteiger partial charge in [0.2, 0.25) is 0 Å². The average Bonchev–Trinajstić information content (AvgIpc) is 2.38. The number of carbonyl (C=O) groups is 1. The largest absolute Gasteiger partial charge is 0.466 e. The molecule has 18 heavy (non-hydrogen) atoms. The Balaban J connectivity index is 3.14. The van der Waals surface area contributed by atoms with E-state index < -0.39 is 0 Å². The molecule has 1 rings (SSSR count). The van der Waals surface area contributed by atoms with Crippen LogP contribution in [-0.4, -0.2) is 12.6 Å². The van der Waals surface area contributed by atoms with Gasteiger partial charge in [-0.05, 0) is 36.5 Å². The highest BCUT2D eigenvalue weighted by atomic mass is 16.5. The highest BCUT2D eigenvalue weighted by molar-refractivity contribution is 5.73. The standard InChI is InChI=1S/C15H19NO2/c1-4-11-7-8-12(9-15(17)18-6-3)13(5-2)14(11)10-16/h7-8H,4-6,9H2,1-3H3. The van der Waals surface area contributed by atoms with Crippen LogP contribution in [0.15, 0.2) is 12.1 Å². The zero-order valence-electron chi connectivity index (χ0n) is 11.2. The Kier molecular flexibility index (Phi) is 5.38. The van der Waals surface area contributed by atoms with Crippen LogP contribution in [0.2, 0.25) is 0 Å². The van der Waals surface area contributed by atoms with Crippen LogP contribution in [0.25, 0.3) is 0 Å². The van der Waals surface area contributed by atoms with Gasteiger partial charge in [0.05, 0.1) is 24.7 Å². The first-order valence-electron chi connectivity index (χ1n) is 6.37. The summed E-state index contributed by atoms with van der Waals surface area (Å²) in [5, 5.41) is 9.26. The van der Waals surface area contributed by atoms with Crippen LogP contribution in [0.1, 0.15) is 43.0 Å². The minimum absolute atomic E-state index is 0.236. The third kappa shape index (κ3) is 3.10. The minimum Gasteiger partial charge on any atom is -0.466 e. The van der Waals surface area contributed by atoms with Crippen LogP contribution in [-0.2, 0) is 28.8 Å². The monoisotopic (exact) mass is 245 g/mol. The fourth-order valence-electron chi connectivity index (χ4n) is 2.11. The van der Waals surface area contributed by atoms with Gasteiger partial charge >= 0.3 is 5.97 Å². The molecule has 0 amide bonds. The van der Waals surface area contributed by atoms with Crippen molar-refractivity contribution >= 4 is 5.97 Å². The van der Waals surface area contributed by atoms with Crippen LogP contribution in [0.5, 0.6) is 0 Å². The Bertz CT molecular complexity index is 472. The molecule has 0 radical (unpaired) electrons. The van der Waals surface area contributed by atoms with Crippen molar-refractivity contribution in [2.45, 2.75) is 40.0 Å². The lowest BCUT2D eigenvalue weighted by Gasteiger charge is -2.12. The Morgan fingerprint density at radius 1 is 1.22 bits per heavy atom. The van der Waals surface area contributed by atoms with Crippen LogP contribution in [0.3, 0.4) is 0 Å². The second kappa shape index (κ2) is 6.80. The molecular formula is C15H19NO2. The van der Waals surface area contributed by atoms with Gasteiger partial charge in [-0.2, -0.15) is 5.26 Å². The van der Waals surface area contributed by atoms with Gasteiger partial charge < -0.3 is 4.74 Å². The number of nitriles is 1. The van der Waals surface area contributed by atoms with Gasteiger partial charge in [-0.1, -0.05) is 26.0 Å². The molecule has 0 atom stereocenters. The smallest absolute Gasteiger partial charge is 0.310 e. The third-order valence-electron chi connectivity index (χ3n) is 2.98. The normalized spacial score (nSPS) is 9.89. The zero-order chi connectivity index (χ0) is 13.5. The highest BCUT2D eigenvalue weighted by Crippen LogP contribution is 2.21. The molecule has 0 aliphatic rings. The van der Waals surface area contributed by atoms with E-state index in [2.05, 4.69) is 6.07 Å². The van der Waals surface area contributed by atoms with Crippen molar-refractivity contribution in [1.29, 1.82) is 5.26 Å². The minimum atomic E-state index is -0.236. The number of aryl methyl sites for hydroxylation is 1. The Morgan fingerprint density at radius 2 is 1.89 bits per heavy atom. The SMILES string of the molecule is CCOC(=O)Cc1ccc(CC)c(C#N)c1CC. The Hall–Kier alpha value is -1.82. The van der Waals surface area contributed by atoms with E-state index in [1.807, 2.05) is 26.0 Å². The second-order valence-electron chi connectivity index (χ2n) is 4.04. The lowest BCUT2D eigenvalue weighted by molar-refractivity contribution is -0.142. The number of carbonyl (C=O) groups excluding carboxylic acids is 1. The molecule has 0 N–H and O–H groups in total. The van der Waals surface area contributed by atoms with E-state index in [4.69, 9.17) is 4.74 Å². The summed E-state index contributed by atoms with van der Waals surface area (Å²) in [6, 6.07) is 6.14. The van der Waals surface area contributed by atoms with Gasteiger partial charge in [0, 0.05) is 0 Å². The lowest BCUT2D eigenvalue weighted by atomic mass is 9.92. The molecule has 0 heterocycles. The predicted octanol–water partition coefficient (Wildman–Crippen LogP) is 2.79. The van der Waals surface area contributed by atoms with Crippen molar-refractivity contribution in [2.24, 2.45) is 0 Å². The molecule has 96 valence electrons. The maximum absolute atomic E-state index is 11.5. The van der Waals surface area contributed by atoms with E-state index in [1.165, 1.54) is 0 Å². The summed E-state index contributed by atoms with van der Waals surface area (Å²) < 4.78 is 4.95. The molecule has 1 aromatic carbocycles. The number of ether oxygens (including phenoxy) is 1. The summed E-state index contributed by atoms with van der Waals surface area (Å²) >= 11 is 0. The molecule has 3 heteroatoms. The van der Waals surface area contributed by atoms with Crippen molar-refractivity contribution in [3.05, 3.63) is 34.4 Å². The van der Waals surface area contributed by atoms with E-state index >= 15 is 0 Å². The van der Waals surface area contributed by atoms with E-state index in [0.29, 0.717) is 6.61 Å². The van der Waals surface area contributed by atoms with Crippen molar-refractivity contribution in [2.75, 3.05) is 6.61 Å². The number of nitrogens with zero attached hydrogens (tertiary/aromatic N) is 1. The maximum Gasteiger partial charge on any atom is 0.310 e. The molecule has 0 saturated heterocycles. The van der Waals surface area contributed by atoms with Gasteiger partial charge in [0.25, 0.3) is 0 Å². The number of hydrogen-bond donors (Lipinski definition) is 0. The summed E-state index contributed by atoms with van der Waals surface area (Å²) in [4.78, 5) is 11.5. The van der Waals surface area contributed by atoms with Gasteiger partial charge in [-0.25, -0.2) is 0 Å². The molecule has 0 aliphatic carbocycles. The summed E-state index contributed by atoms with van der Waals surface area (Å²) in [5.74, 6) is -0.236. The molecule has 3 nitrogen and oxygen atoms in total. The van der Waals surface area contributed by atoms with Gasteiger partial charge in [-0.3, -0.25) is 4.79 Å². The molecule has 0 bridgehead atoms. The zero-order valence-corrected chi connectivity index (χ0v) is 11.2. The number of rotatable bonds is 5. The highest BCUT2D eigenvalue weighted by Gasteiger charge is 2.13. The molecule has 0 saturated carbocycles. The van der Waals surface area contributed by atoms with Gasteiger partial charge in [-0.15, -0.1) is 0 Å². The fourth-order valence-corrected chi connectivity index (χ4v) is 2.11. The molecule has 0 aliphatic heterocycles. The molecule has 0 aromatic heterocycles. The van der Waals surface area contributed by atoms with Crippen molar-refractivity contribution in [3.8, 4) is 6.07 Å². The van der Waals surface area contributed by atoms with Crippen LogP contribution in [0.4, 0.5) is 0 Å². The van der Waals surface area contributed by atoms with E-state index in [0.717, 1.165) is 35.1 Å². The van der Waals surface area contributed by atoms with E-state index in [9.17, 15) is 10.1 Å². The Morgan fingerprint density at radius 3 is 2.39 bits per heavy atom. The first kappa shape index (κ1) is 14.2. The van der Waals surface area contributed by atoms with E-state index in [-0.39, 0.29) is 12.4 Å². The predicted molar refractivity (Wildman–Crippen MR) is 70.3 cm³/mol. The lowest BCUT2D eigenvalue weighted by Crippen LogP contribution is -2.10. The summed E-state index contributed by atoms with van der Waals surface area (Å²) in [6.45, 7) is 6.21. The molecule has 1 aromatic rings. The summed E-state index contributed by atoms with van der Waals surface area (Å²) in [5.41, 5.74) is 3.65. The van der Waals surface area contributed by atoms with E-state index in [1.54, 1.807) is 6.92 Å². The topological polar surface area (TPSA) is 50.1 Å². The first-order valence-corrected chi connectivity index (χ1v) is 6.37. The summed E-state index contributed by atoms with van der Waals surface area (Å²) in [6.07, 6.45) is 1.83. The third-order valence-corrected chi connectivity index (χ3v) is 2.98. The molecular weight excluding hydrogens is 226 g/mol. The Labute approximate surface area is 108 Å². The van der Waals surface area contributed by atoms with Gasteiger partial charge in [0.15, 0.2) is 0 Å². The molecule has 0 spiro atoms. The first-order chi connectivity index (χ1) is 8.67. The van der Waals surface area contributed by atoms with Crippen molar-refractivity contribution < 1.29 is 9.53 Å². The maximum atomic E-state index is 11.5. The van der Waals surface area contributed by atoms with Crippen LogP contribution >= 0.6 is 0 Å². The number of hydrogen-bond acceptors (Lipinski definition) is 3. The summed E-state index contributed by atoms with van der Waals surface area (Å²) in [7, 11) is 0. The van der Waals surface area contributed by atoms with Gasteiger partial charge in [0.1, 0.15) is 0 Å². The van der Waals surface area contributed by atoms with Crippen molar-refractivity contribution in [3.63, 3.8) is 0 Å².